The van der Waals surface area contributed by atoms with Crippen molar-refractivity contribution >= 4 is 51.1 Å². The predicted molar refractivity (Wildman–Crippen MR) is 115 cm³/mol. The van der Waals surface area contributed by atoms with Crippen molar-refractivity contribution in [2.24, 2.45) is 5.73 Å². The van der Waals surface area contributed by atoms with E-state index in [1.807, 2.05) is 24.5 Å². The number of rotatable bonds is 2. The molecular weight excluding hydrogens is 409 g/mol. The first-order valence-corrected chi connectivity index (χ1v) is 10.6. The summed E-state index contributed by atoms with van der Waals surface area (Å²) < 4.78 is 0. The summed E-state index contributed by atoms with van der Waals surface area (Å²) in [5.74, 6) is 0.921. The molecule has 1 aromatic carbocycles. The number of nitrogens with two attached hydrogens (primary N) is 1. The van der Waals surface area contributed by atoms with E-state index in [0.717, 1.165) is 46.5 Å². The van der Waals surface area contributed by atoms with Crippen LogP contribution >= 0.6 is 23.2 Å². The molecule has 3 atom stereocenters. The van der Waals surface area contributed by atoms with Crippen LogP contribution in [0, 0.1) is 0 Å². The molecule has 2 aliphatic heterocycles. The molecule has 4 aromatic rings. The molecule has 4 N–H and O–H groups in total. The molecule has 9 heteroatoms. The topological polar surface area (TPSA) is 99.5 Å². The molecular formula is C20H19Cl2N7. The first-order chi connectivity index (χ1) is 14.1. The van der Waals surface area contributed by atoms with E-state index in [9.17, 15) is 0 Å². The lowest BCUT2D eigenvalue weighted by molar-refractivity contribution is 0.412. The molecule has 0 radical (unpaired) electrons. The van der Waals surface area contributed by atoms with Crippen molar-refractivity contribution in [3.05, 3.63) is 34.7 Å². The Bertz CT molecular complexity index is 1230. The van der Waals surface area contributed by atoms with Crippen LogP contribution in [0.2, 0.25) is 10.2 Å². The minimum Gasteiger partial charge on any atom is -0.349 e. The van der Waals surface area contributed by atoms with Crippen molar-refractivity contribution in [2.75, 3.05) is 4.90 Å². The monoisotopic (exact) mass is 427 g/mol. The number of hydrogen-bond acceptors (Lipinski definition) is 5. The molecule has 1 unspecified atom stereocenters. The number of nitrogens with zero attached hydrogens (tertiary/aromatic N) is 4. The molecule has 6 rings (SSSR count). The molecule has 2 bridgehead atoms. The molecule has 0 saturated carbocycles. The van der Waals surface area contributed by atoms with Gasteiger partial charge in [-0.2, -0.15) is 5.10 Å². The van der Waals surface area contributed by atoms with Gasteiger partial charge in [-0.25, -0.2) is 9.97 Å². The third kappa shape index (κ3) is 2.57. The number of benzene rings is 1. The van der Waals surface area contributed by atoms with Crippen LogP contribution in [0.25, 0.3) is 33.2 Å². The van der Waals surface area contributed by atoms with E-state index in [2.05, 4.69) is 20.1 Å². The van der Waals surface area contributed by atoms with Crippen LogP contribution in [0.5, 0.6) is 0 Å². The quantitative estimate of drug-likeness (QED) is 0.443. The summed E-state index contributed by atoms with van der Waals surface area (Å²) in [7, 11) is 0. The Labute approximate surface area is 176 Å². The molecule has 5 heterocycles. The van der Waals surface area contributed by atoms with Crippen molar-refractivity contribution in [3.63, 3.8) is 0 Å². The highest BCUT2D eigenvalue weighted by atomic mass is 35.5. The maximum Gasteiger partial charge on any atom is 0.159 e. The minimum absolute atomic E-state index is 0.296. The summed E-state index contributed by atoms with van der Waals surface area (Å²) in [6.07, 6.45) is 8.17. The van der Waals surface area contributed by atoms with Crippen molar-refractivity contribution in [1.82, 2.24) is 25.1 Å². The van der Waals surface area contributed by atoms with E-state index < -0.39 is 0 Å². The molecule has 29 heavy (non-hydrogen) atoms. The third-order valence-electron chi connectivity index (χ3n) is 6.31. The summed E-state index contributed by atoms with van der Waals surface area (Å²) >= 11 is 12.9. The van der Waals surface area contributed by atoms with Crippen LogP contribution in [0.3, 0.4) is 0 Å². The van der Waals surface area contributed by atoms with Gasteiger partial charge in [0, 0.05) is 35.4 Å². The van der Waals surface area contributed by atoms with E-state index in [4.69, 9.17) is 38.9 Å². The van der Waals surface area contributed by atoms with Crippen molar-refractivity contribution < 1.29 is 0 Å². The molecule has 2 aliphatic rings. The second-order valence-corrected chi connectivity index (χ2v) is 8.77. The van der Waals surface area contributed by atoms with E-state index in [0.29, 0.717) is 33.7 Å². The number of piperidine rings is 1. The fraction of sp³-hybridized carbons (Fsp3) is 0.350. The second-order valence-electron chi connectivity index (χ2n) is 8.01. The van der Waals surface area contributed by atoms with Crippen LogP contribution in [0.1, 0.15) is 25.7 Å². The highest BCUT2D eigenvalue weighted by Gasteiger charge is 2.40. The Morgan fingerprint density at radius 3 is 2.69 bits per heavy atom. The van der Waals surface area contributed by atoms with Crippen LogP contribution in [0.4, 0.5) is 5.82 Å². The van der Waals surface area contributed by atoms with Gasteiger partial charge in [0.2, 0.25) is 0 Å². The molecule has 7 nitrogen and oxygen atoms in total. The molecule has 0 amide bonds. The highest BCUT2D eigenvalue weighted by Crippen LogP contribution is 2.41. The number of halogens is 2. The summed E-state index contributed by atoms with van der Waals surface area (Å²) in [5, 5.41) is 8.63. The van der Waals surface area contributed by atoms with Crippen LogP contribution < -0.4 is 10.6 Å². The molecule has 0 aliphatic carbocycles. The summed E-state index contributed by atoms with van der Waals surface area (Å²) in [6.45, 7) is 0. The number of aromatic amines is 2. The van der Waals surface area contributed by atoms with Crippen molar-refractivity contribution in [1.29, 1.82) is 0 Å². The van der Waals surface area contributed by atoms with E-state index in [-0.39, 0.29) is 0 Å². The molecule has 3 aromatic heterocycles. The number of fused-ring (bicyclic) bond motifs is 4. The van der Waals surface area contributed by atoms with Crippen molar-refractivity contribution in [3.8, 4) is 11.1 Å². The van der Waals surface area contributed by atoms with Crippen molar-refractivity contribution in [2.45, 2.75) is 43.8 Å². The SMILES string of the molecule is NC1C[C@H]2CC[C@@H](C1)N2c1cnc2c(-c3ccc4n[nH]c(Cl)c4c3Cl)c[nH]c2n1. The largest absolute Gasteiger partial charge is 0.349 e. The summed E-state index contributed by atoms with van der Waals surface area (Å²) in [6, 6.07) is 5.06. The van der Waals surface area contributed by atoms with E-state index >= 15 is 0 Å². The minimum atomic E-state index is 0.296. The zero-order valence-electron chi connectivity index (χ0n) is 15.5. The number of aromatic nitrogens is 5. The Hall–Kier alpha value is -2.35. The van der Waals surface area contributed by atoms with Gasteiger partial charge in [-0.15, -0.1) is 0 Å². The number of anilines is 1. The maximum atomic E-state index is 6.67. The van der Waals surface area contributed by atoms with Crippen LogP contribution in [0.15, 0.2) is 24.5 Å². The third-order valence-corrected chi connectivity index (χ3v) is 6.97. The molecule has 0 spiro atoms. The highest BCUT2D eigenvalue weighted by molar-refractivity contribution is 6.43. The first kappa shape index (κ1) is 17.5. The number of nitrogens with one attached hydrogen (secondary N) is 2. The maximum absolute atomic E-state index is 6.67. The average Bonchev–Trinajstić information content (AvgIpc) is 3.37. The Morgan fingerprint density at radius 2 is 1.90 bits per heavy atom. The van der Waals surface area contributed by atoms with E-state index in [1.54, 1.807) is 0 Å². The van der Waals surface area contributed by atoms with Gasteiger partial charge >= 0.3 is 0 Å². The van der Waals surface area contributed by atoms with Gasteiger partial charge in [0.25, 0.3) is 0 Å². The Morgan fingerprint density at radius 1 is 1.10 bits per heavy atom. The number of hydrogen-bond donors (Lipinski definition) is 3. The lowest BCUT2D eigenvalue weighted by Gasteiger charge is -2.38. The number of H-pyrrole nitrogens is 2. The van der Waals surface area contributed by atoms with Gasteiger partial charge < -0.3 is 15.6 Å². The predicted octanol–water partition coefficient (Wildman–Crippen LogP) is 4.27. The van der Waals surface area contributed by atoms with Gasteiger partial charge in [-0.3, -0.25) is 5.10 Å². The Balaban J connectivity index is 1.43. The zero-order valence-corrected chi connectivity index (χ0v) is 17.0. The van der Waals surface area contributed by atoms with Gasteiger partial charge in [-0.05, 0) is 31.7 Å². The fourth-order valence-electron chi connectivity index (χ4n) is 5.05. The normalized spacial score (nSPS) is 24.1. The second kappa shape index (κ2) is 6.32. The molecule has 148 valence electrons. The van der Waals surface area contributed by atoms with Gasteiger partial charge in [0.1, 0.15) is 16.5 Å². The van der Waals surface area contributed by atoms with Crippen LogP contribution in [-0.4, -0.2) is 43.3 Å². The molecule has 2 fully saturated rings. The standard InChI is InChI=1S/C20H19Cl2N7/c21-17-12(3-4-14-16(17)19(22)28-27-14)13-7-25-20-18(13)24-8-15(26-20)29-10-1-2-11(29)6-9(23)5-10/h3-4,7-11H,1-2,5-6,23H2,(H,25,26)(H,27,28)/t9?,10-,11+. The summed E-state index contributed by atoms with van der Waals surface area (Å²) in [5.41, 5.74) is 10.2. The average molecular weight is 428 g/mol. The van der Waals surface area contributed by atoms with Gasteiger partial charge in [-0.1, -0.05) is 29.3 Å². The van der Waals surface area contributed by atoms with Crippen LogP contribution in [-0.2, 0) is 0 Å². The lowest BCUT2D eigenvalue weighted by Crippen LogP contribution is -2.47. The fourth-order valence-corrected chi connectivity index (χ4v) is 5.69. The van der Waals surface area contributed by atoms with E-state index in [1.165, 1.54) is 12.8 Å². The lowest BCUT2D eigenvalue weighted by atomic mass is 9.98. The molecule has 2 saturated heterocycles. The van der Waals surface area contributed by atoms with Gasteiger partial charge in [0.15, 0.2) is 5.65 Å². The van der Waals surface area contributed by atoms with Gasteiger partial charge in [0.05, 0.1) is 22.1 Å². The smallest absolute Gasteiger partial charge is 0.159 e. The summed E-state index contributed by atoms with van der Waals surface area (Å²) in [4.78, 5) is 15.3. The first-order valence-electron chi connectivity index (χ1n) is 9.80. The Kier molecular flexibility index (Phi) is 3.82. The zero-order chi connectivity index (χ0) is 19.7.